The molecule has 0 fully saturated rings. The average Bonchev–Trinajstić information content (AvgIpc) is 2.64. The summed E-state index contributed by atoms with van der Waals surface area (Å²) in [5.41, 5.74) is 4.45. The second kappa shape index (κ2) is 3.16. The molecule has 3 rings (SSSR count). The minimum absolute atomic E-state index is 0.220. The summed E-state index contributed by atoms with van der Waals surface area (Å²) in [5, 5.41) is 0. The first-order chi connectivity index (χ1) is 7.59. The van der Waals surface area contributed by atoms with Crippen molar-refractivity contribution in [3.8, 4) is 11.5 Å². The molecule has 0 saturated carbocycles. The van der Waals surface area contributed by atoms with Crippen LogP contribution in [0.1, 0.15) is 43.4 Å². The molecular weight excluding hydrogens is 200 g/mol. The Hall–Kier alpha value is -1.18. The topological polar surface area (TPSA) is 18.5 Å². The fourth-order valence-electron chi connectivity index (χ4n) is 3.08. The highest BCUT2D eigenvalue weighted by Crippen LogP contribution is 2.49. The number of hydrogen-bond acceptors (Lipinski definition) is 2. The van der Waals surface area contributed by atoms with Gasteiger partial charge in [0.1, 0.15) is 0 Å². The number of fused-ring (bicyclic) bond motifs is 3. The third kappa shape index (κ3) is 1.25. The van der Waals surface area contributed by atoms with Crippen LogP contribution < -0.4 is 9.47 Å². The predicted octanol–water partition coefficient (Wildman–Crippen LogP) is 3.34. The van der Waals surface area contributed by atoms with E-state index in [0.29, 0.717) is 6.79 Å². The van der Waals surface area contributed by atoms with Gasteiger partial charge in [-0.05, 0) is 48.8 Å². The lowest BCUT2D eigenvalue weighted by Gasteiger charge is -2.34. The van der Waals surface area contributed by atoms with Crippen molar-refractivity contribution in [2.24, 2.45) is 0 Å². The standard InChI is InChI=1S/C14H18O2/c1-9-7-11-13(16-8-15-11)12-10(9)5-4-6-14(12,2)3/h7H,4-6,8H2,1-3H3. The molecule has 16 heavy (non-hydrogen) atoms. The van der Waals surface area contributed by atoms with Gasteiger partial charge >= 0.3 is 0 Å². The van der Waals surface area contributed by atoms with Crippen molar-refractivity contribution < 1.29 is 9.47 Å². The fourth-order valence-corrected chi connectivity index (χ4v) is 3.08. The Balaban J connectivity index is 2.30. The van der Waals surface area contributed by atoms with Crippen molar-refractivity contribution in [1.82, 2.24) is 0 Å². The van der Waals surface area contributed by atoms with Crippen LogP contribution in [-0.2, 0) is 11.8 Å². The summed E-state index contributed by atoms with van der Waals surface area (Å²) in [6.45, 7) is 7.18. The quantitative estimate of drug-likeness (QED) is 0.665. The van der Waals surface area contributed by atoms with Crippen molar-refractivity contribution in [2.45, 2.75) is 45.4 Å². The number of benzene rings is 1. The van der Waals surface area contributed by atoms with Crippen molar-refractivity contribution >= 4 is 0 Å². The molecule has 0 spiro atoms. The molecule has 0 radical (unpaired) electrons. The molecular formula is C14H18O2. The van der Waals surface area contributed by atoms with Crippen LogP contribution in [0.2, 0.25) is 0 Å². The first-order valence-corrected chi connectivity index (χ1v) is 6.02. The van der Waals surface area contributed by atoms with Gasteiger partial charge in [0.2, 0.25) is 6.79 Å². The van der Waals surface area contributed by atoms with Crippen LogP contribution in [0.3, 0.4) is 0 Å². The molecule has 0 N–H and O–H groups in total. The molecule has 1 aliphatic carbocycles. The Bertz CT molecular complexity index is 443. The third-order valence-electron chi connectivity index (χ3n) is 3.90. The van der Waals surface area contributed by atoms with Gasteiger partial charge in [0.05, 0.1) is 0 Å². The van der Waals surface area contributed by atoms with Crippen molar-refractivity contribution in [1.29, 1.82) is 0 Å². The van der Waals surface area contributed by atoms with E-state index >= 15 is 0 Å². The van der Waals surface area contributed by atoms with E-state index in [-0.39, 0.29) is 5.41 Å². The smallest absolute Gasteiger partial charge is 0.231 e. The van der Waals surface area contributed by atoms with E-state index in [1.807, 2.05) is 0 Å². The zero-order chi connectivity index (χ0) is 11.3. The van der Waals surface area contributed by atoms with E-state index in [1.165, 1.54) is 36.0 Å². The van der Waals surface area contributed by atoms with Crippen LogP contribution in [0.5, 0.6) is 11.5 Å². The molecule has 1 heterocycles. The van der Waals surface area contributed by atoms with Crippen LogP contribution in [0, 0.1) is 6.92 Å². The molecule has 0 amide bonds. The second-order valence-corrected chi connectivity index (χ2v) is 5.52. The lowest BCUT2D eigenvalue weighted by molar-refractivity contribution is 0.172. The molecule has 2 heteroatoms. The third-order valence-corrected chi connectivity index (χ3v) is 3.90. The van der Waals surface area contributed by atoms with Crippen molar-refractivity contribution in [3.05, 3.63) is 22.8 Å². The Morgan fingerprint density at radius 3 is 2.88 bits per heavy atom. The second-order valence-electron chi connectivity index (χ2n) is 5.52. The van der Waals surface area contributed by atoms with E-state index < -0.39 is 0 Å². The molecule has 0 bridgehead atoms. The summed E-state index contributed by atoms with van der Waals surface area (Å²) in [6.07, 6.45) is 3.70. The summed E-state index contributed by atoms with van der Waals surface area (Å²) in [7, 11) is 0. The lowest BCUT2D eigenvalue weighted by atomic mass is 9.71. The SMILES string of the molecule is Cc1cc2c(c3c1CCCC3(C)C)OCO2. The summed E-state index contributed by atoms with van der Waals surface area (Å²) >= 11 is 0. The van der Waals surface area contributed by atoms with Gasteiger partial charge in [-0.2, -0.15) is 0 Å². The number of rotatable bonds is 0. The van der Waals surface area contributed by atoms with Crippen LogP contribution in [0.15, 0.2) is 6.07 Å². The van der Waals surface area contributed by atoms with Gasteiger partial charge in [-0.3, -0.25) is 0 Å². The van der Waals surface area contributed by atoms with Crippen LogP contribution in [0.4, 0.5) is 0 Å². The minimum Gasteiger partial charge on any atom is -0.454 e. The maximum absolute atomic E-state index is 5.67. The van der Waals surface area contributed by atoms with E-state index in [1.54, 1.807) is 0 Å². The van der Waals surface area contributed by atoms with Crippen LogP contribution in [0.25, 0.3) is 0 Å². The minimum atomic E-state index is 0.220. The summed E-state index contributed by atoms with van der Waals surface area (Å²) < 4.78 is 11.2. The summed E-state index contributed by atoms with van der Waals surface area (Å²) in [5.74, 6) is 1.94. The Labute approximate surface area is 96.6 Å². The van der Waals surface area contributed by atoms with E-state index in [2.05, 4.69) is 26.8 Å². The Kier molecular flexibility index (Phi) is 1.97. The molecule has 2 nitrogen and oxygen atoms in total. The maximum Gasteiger partial charge on any atom is 0.231 e. The van der Waals surface area contributed by atoms with E-state index in [4.69, 9.17) is 9.47 Å². The number of aryl methyl sites for hydroxylation is 1. The van der Waals surface area contributed by atoms with Gasteiger partial charge in [-0.15, -0.1) is 0 Å². The van der Waals surface area contributed by atoms with Crippen molar-refractivity contribution in [2.75, 3.05) is 6.79 Å². The molecule has 0 atom stereocenters. The average molecular weight is 218 g/mol. The fraction of sp³-hybridized carbons (Fsp3) is 0.571. The van der Waals surface area contributed by atoms with Gasteiger partial charge in [0, 0.05) is 5.56 Å². The van der Waals surface area contributed by atoms with E-state index in [0.717, 1.165) is 11.5 Å². The maximum atomic E-state index is 5.67. The number of ether oxygens (including phenoxy) is 2. The zero-order valence-electron chi connectivity index (χ0n) is 10.2. The van der Waals surface area contributed by atoms with Crippen molar-refractivity contribution in [3.63, 3.8) is 0 Å². The highest BCUT2D eigenvalue weighted by Gasteiger charge is 2.35. The van der Waals surface area contributed by atoms with Crippen LogP contribution >= 0.6 is 0 Å². The van der Waals surface area contributed by atoms with Gasteiger partial charge in [0.15, 0.2) is 11.5 Å². The Morgan fingerprint density at radius 1 is 1.25 bits per heavy atom. The molecule has 1 aliphatic heterocycles. The van der Waals surface area contributed by atoms with Gasteiger partial charge in [-0.25, -0.2) is 0 Å². The molecule has 1 aromatic carbocycles. The lowest BCUT2D eigenvalue weighted by Crippen LogP contribution is -2.25. The molecule has 0 saturated heterocycles. The Morgan fingerprint density at radius 2 is 2.06 bits per heavy atom. The highest BCUT2D eigenvalue weighted by molar-refractivity contribution is 5.58. The first kappa shape index (κ1) is 10.0. The molecule has 0 unspecified atom stereocenters. The molecule has 0 aromatic heterocycles. The normalized spacial score (nSPS) is 20.7. The van der Waals surface area contributed by atoms with E-state index in [9.17, 15) is 0 Å². The van der Waals surface area contributed by atoms with Gasteiger partial charge in [0.25, 0.3) is 0 Å². The molecule has 2 aliphatic rings. The van der Waals surface area contributed by atoms with Gasteiger partial charge < -0.3 is 9.47 Å². The highest BCUT2D eigenvalue weighted by atomic mass is 16.7. The van der Waals surface area contributed by atoms with Gasteiger partial charge in [-0.1, -0.05) is 13.8 Å². The zero-order valence-corrected chi connectivity index (χ0v) is 10.2. The first-order valence-electron chi connectivity index (χ1n) is 6.02. The monoisotopic (exact) mass is 218 g/mol. The molecule has 86 valence electrons. The summed E-state index contributed by atoms with van der Waals surface area (Å²) in [4.78, 5) is 0. The number of hydrogen-bond donors (Lipinski definition) is 0. The predicted molar refractivity (Wildman–Crippen MR) is 63.3 cm³/mol. The largest absolute Gasteiger partial charge is 0.454 e. The van der Waals surface area contributed by atoms with Crippen LogP contribution in [-0.4, -0.2) is 6.79 Å². The summed E-state index contributed by atoms with van der Waals surface area (Å²) in [6, 6.07) is 2.13. The molecule has 1 aromatic rings.